The maximum atomic E-state index is 12.1. The van der Waals surface area contributed by atoms with Crippen molar-refractivity contribution in [3.8, 4) is 5.75 Å². The second kappa shape index (κ2) is 7.79. The maximum Gasteiger partial charge on any atom is 0.258 e. The number of carbonyl (C=O) groups is 1. The Morgan fingerprint density at radius 2 is 2.21 bits per heavy atom. The number of carbonyl (C=O) groups excluding carboxylic acids is 1. The van der Waals surface area contributed by atoms with E-state index in [4.69, 9.17) is 4.74 Å². The quantitative estimate of drug-likeness (QED) is 0.719. The highest BCUT2D eigenvalue weighted by Crippen LogP contribution is 2.19. The zero-order valence-corrected chi connectivity index (χ0v) is 14.2. The van der Waals surface area contributed by atoms with Gasteiger partial charge in [0.2, 0.25) is 0 Å². The predicted octanol–water partition coefficient (Wildman–Crippen LogP) is 3.04. The first-order valence-electron chi connectivity index (χ1n) is 7.70. The number of ether oxygens (including phenoxy) is 1. The van der Waals surface area contributed by atoms with Crippen LogP contribution >= 0.6 is 11.3 Å². The number of nitrogens with zero attached hydrogens (tertiary/aromatic N) is 2. The largest absolute Gasteiger partial charge is 0.484 e. The fraction of sp³-hybridized carbons (Fsp3) is 0.222. The van der Waals surface area contributed by atoms with Gasteiger partial charge in [-0.2, -0.15) is 16.4 Å². The van der Waals surface area contributed by atoms with Gasteiger partial charge >= 0.3 is 0 Å². The normalized spacial score (nSPS) is 11.9. The highest BCUT2D eigenvalue weighted by atomic mass is 32.1. The molecular weight excluding hydrogens is 322 g/mol. The van der Waals surface area contributed by atoms with Gasteiger partial charge in [0, 0.05) is 18.9 Å². The summed E-state index contributed by atoms with van der Waals surface area (Å²) in [5, 5.41) is 11.3. The van der Waals surface area contributed by atoms with Gasteiger partial charge in [-0.05, 0) is 47.0 Å². The topological polar surface area (TPSA) is 56.1 Å². The van der Waals surface area contributed by atoms with E-state index in [1.54, 1.807) is 17.5 Å². The van der Waals surface area contributed by atoms with Crippen molar-refractivity contribution in [3.05, 3.63) is 70.7 Å². The van der Waals surface area contributed by atoms with Gasteiger partial charge in [-0.1, -0.05) is 18.2 Å². The Labute approximate surface area is 144 Å². The molecule has 0 saturated heterocycles. The molecule has 0 bridgehead atoms. The van der Waals surface area contributed by atoms with Gasteiger partial charge in [-0.15, -0.1) is 0 Å². The van der Waals surface area contributed by atoms with Crippen LogP contribution in [0, 0.1) is 6.92 Å². The summed E-state index contributed by atoms with van der Waals surface area (Å²) in [6.07, 6.45) is 3.64. The minimum Gasteiger partial charge on any atom is -0.484 e. The molecule has 0 spiro atoms. The summed E-state index contributed by atoms with van der Waals surface area (Å²) in [5.74, 6) is 0.583. The summed E-state index contributed by atoms with van der Waals surface area (Å²) in [6.45, 7) is 2.42. The number of aryl methyl sites for hydroxylation is 1. The van der Waals surface area contributed by atoms with Gasteiger partial charge in [-0.25, -0.2) is 0 Å². The third-order valence-electron chi connectivity index (χ3n) is 3.72. The molecule has 5 nitrogen and oxygen atoms in total. The number of hydrogen-bond donors (Lipinski definition) is 1. The Kier molecular flexibility index (Phi) is 5.28. The van der Waals surface area contributed by atoms with Crippen molar-refractivity contribution < 1.29 is 9.53 Å². The number of hydrogen-bond acceptors (Lipinski definition) is 4. The van der Waals surface area contributed by atoms with Crippen LogP contribution in [0.4, 0.5) is 0 Å². The zero-order chi connectivity index (χ0) is 16.8. The van der Waals surface area contributed by atoms with Gasteiger partial charge < -0.3 is 10.1 Å². The van der Waals surface area contributed by atoms with E-state index >= 15 is 0 Å². The van der Waals surface area contributed by atoms with Crippen molar-refractivity contribution >= 4 is 17.2 Å². The summed E-state index contributed by atoms with van der Waals surface area (Å²) >= 11 is 1.63. The Balaban J connectivity index is 1.57. The average molecular weight is 341 g/mol. The van der Waals surface area contributed by atoms with Crippen molar-refractivity contribution in [1.82, 2.24) is 15.1 Å². The van der Waals surface area contributed by atoms with Crippen molar-refractivity contribution in [1.29, 1.82) is 0 Å². The Hall–Kier alpha value is -2.60. The molecule has 0 unspecified atom stereocenters. The number of para-hydroxylation sites is 1. The van der Waals surface area contributed by atoms with Crippen LogP contribution < -0.4 is 10.1 Å². The van der Waals surface area contributed by atoms with Crippen molar-refractivity contribution in [3.63, 3.8) is 0 Å². The van der Waals surface area contributed by atoms with Crippen molar-refractivity contribution in [2.75, 3.05) is 13.2 Å². The van der Waals surface area contributed by atoms with E-state index in [1.807, 2.05) is 59.6 Å². The van der Waals surface area contributed by atoms with Crippen LogP contribution in [0.2, 0.25) is 0 Å². The van der Waals surface area contributed by atoms with E-state index in [0.717, 1.165) is 16.9 Å². The molecule has 1 N–H and O–H groups in total. The molecule has 0 aliphatic carbocycles. The smallest absolute Gasteiger partial charge is 0.258 e. The molecule has 3 rings (SSSR count). The van der Waals surface area contributed by atoms with Crippen LogP contribution in [0.15, 0.2) is 59.6 Å². The number of rotatable bonds is 7. The van der Waals surface area contributed by atoms with E-state index in [2.05, 4.69) is 15.8 Å². The lowest BCUT2D eigenvalue weighted by Gasteiger charge is -2.17. The van der Waals surface area contributed by atoms with E-state index in [1.165, 1.54) is 0 Å². The Morgan fingerprint density at radius 3 is 2.92 bits per heavy atom. The van der Waals surface area contributed by atoms with Crippen molar-refractivity contribution in [2.24, 2.45) is 0 Å². The molecule has 3 aromatic rings. The molecular formula is C18H19N3O2S. The molecule has 2 heterocycles. The number of thiophene rings is 1. The van der Waals surface area contributed by atoms with Crippen LogP contribution in [0.5, 0.6) is 5.75 Å². The molecule has 124 valence electrons. The molecule has 2 aromatic heterocycles. The SMILES string of the molecule is Cc1ccccc1OCC(=O)NC[C@H](c1ccsc1)n1cccn1. The molecule has 0 saturated carbocycles. The Bertz CT molecular complexity index is 735. The van der Waals surface area contributed by atoms with Crippen LogP contribution in [0.25, 0.3) is 0 Å². The lowest BCUT2D eigenvalue weighted by Crippen LogP contribution is -2.34. The summed E-state index contributed by atoms with van der Waals surface area (Å²) in [7, 11) is 0. The van der Waals surface area contributed by atoms with Crippen LogP contribution in [0.3, 0.4) is 0 Å². The Morgan fingerprint density at radius 1 is 1.33 bits per heavy atom. The lowest BCUT2D eigenvalue weighted by atomic mass is 10.1. The third-order valence-corrected chi connectivity index (χ3v) is 4.42. The van der Waals surface area contributed by atoms with Crippen LogP contribution in [-0.4, -0.2) is 28.8 Å². The molecule has 0 aliphatic heterocycles. The van der Waals surface area contributed by atoms with Crippen LogP contribution in [0.1, 0.15) is 17.2 Å². The molecule has 0 fully saturated rings. The highest BCUT2D eigenvalue weighted by molar-refractivity contribution is 7.07. The number of nitrogens with one attached hydrogen (secondary N) is 1. The minimum atomic E-state index is -0.148. The van der Waals surface area contributed by atoms with Gasteiger partial charge in [-0.3, -0.25) is 9.48 Å². The highest BCUT2D eigenvalue weighted by Gasteiger charge is 2.16. The average Bonchev–Trinajstić information content (AvgIpc) is 3.28. The number of aromatic nitrogens is 2. The minimum absolute atomic E-state index is 0.000315. The zero-order valence-electron chi connectivity index (χ0n) is 13.4. The molecule has 24 heavy (non-hydrogen) atoms. The summed E-state index contributed by atoms with van der Waals surface area (Å²) < 4.78 is 7.43. The maximum absolute atomic E-state index is 12.1. The van der Waals surface area contributed by atoms with Crippen molar-refractivity contribution in [2.45, 2.75) is 13.0 Å². The fourth-order valence-corrected chi connectivity index (χ4v) is 3.12. The van der Waals surface area contributed by atoms with Crippen LogP contribution in [-0.2, 0) is 4.79 Å². The molecule has 6 heteroatoms. The molecule has 1 amide bonds. The standard InChI is InChI=1S/C18H19N3O2S/c1-14-5-2-3-6-17(14)23-12-18(22)19-11-16(15-7-10-24-13-15)21-9-4-8-20-21/h2-10,13,16H,11-12H2,1H3,(H,19,22)/t16-/m1/s1. The molecule has 1 aromatic carbocycles. The van der Waals surface area contributed by atoms with Gasteiger partial charge in [0.25, 0.3) is 5.91 Å². The molecule has 0 aliphatic rings. The third kappa shape index (κ3) is 4.02. The van der Waals surface area contributed by atoms with Gasteiger partial charge in [0.05, 0.1) is 6.04 Å². The first-order valence-corrected chi connectivity index (χ1v) is 8.64. The van der Waals surface area contributed by atoms with E-state index in [9.17, 15) is 4.79 Å². The van der Waals surface area contributed by atoms with Gasteiger partial charge in [0.15, 0.2) is 6.61 Å². The predicted molar refractivity (Wildman–Crippen MR) is 94.4 cm³/mol. The number of benzene rings is 1. The second-order valence-corrected chi connectivity index (χ2v) is 6.20. The number of amides is 1. The summed E-state index contributed by atoms with van der Waals surface area (Å²) in [5.41, 5.74) is 2.14. The molecule has 0 radical (unpaired) electrons. The van der Waals surface area contributed by atoms with Gasteiger partial charge in [0.1, 0.15) is 5.75 Å². The first kappa shape index (κ1) is 16.3. The second-order valence-electron chi connectivity index (χ2n) is 5.42. The lowest BCUT2D eigenvalue weighted by molar-refractivity contribution is -0.123. The fourth-order valence-electron chi connectivity index (χ4n) is 2.42. The van der Waals surface area contributed by atoms with E-state index in [0.29, 0.717) is 6.54 Å². The van der Waals surface area contributed by atoms with E-state index in [-0.39, 0.29) is 18.6 Å². The molecule has 1 atom stereocenters. The summed E-state index contributed by atoms with van der Waals surface area (Å²) in [4.78, 5) is 12.1. The first-order chi connectivity index (χ1) is 11.7. The van der Waals surface area contributed by atoms with E-state index < -0.39 is 0 Å². The monoisotopic (exact) mass is 341 g/mol. The summed E-state index contributed by atoms with van der Waals surface area (Å²) in [6, 6.07) is 11.6.